The quantitative estimate of drug-likeness (QED) is 0.802. The van der Waals surface area contributed by atoms with Gasteiger partial charge in [0.15, 0.2) is 0 Å². The highest BCUT2D eigenvalue weighted by atomic mass is 32.1. The Morgan fingerprint density at radius 1 is 1.65 bits per heavy atom. The van der Waals surface area contributed by atoms with Gasteiger partial charge in [-0.25, -0.2) is 4.79 Å². The van der Waals surface area contributed by atoms with Gasteiger partial charge in [-0.3, -0.25) is 0 Å². The second-order valence-corrected chi connectivity index (χ2v) is 5.39. The van der Waals surface area contributed by atoms with Crippen molar-refractivity contribution in [1.82, 2.24) is 15.5 Å². The van der Waals surface area contributed by atoms with Crippen molar-refractivity contribution in [2.45, 2.75) is 19.4 Å². The summed E-state index contributed by atoms with van der Waals surface area (Å²) in [6.07, 6.45) is 1.06. The number of carbonyl (C=O) groups excluding carboxylic acids is 1. The van der Waals surface area contributed by atoms with E-state index in [0.29, 0.717) is 6.04 Å². The maximum absolute atomic E-state index is 11.3. The number of amides is 2. The molecule has 0 saturated carbocycles. The first-order valence-electron chi connectivity index (χ1n) is 6.04. The van der Waals surface area contributed by atoms with Gasteiger partial charge < -0.3 is 15.5 Å². The highest BCUT2D eigenvalue weighted by Crippen LogP contribution is 2.10. The molecule has 0 spiro atoms. The van der Waals surface area contributed by atoms with Crippen LogP contribution in [0.4, 0.5) is 4.79 Å². The Morgan fingerprint density at radius 3 is 3.18 bits per heavy atom. The van der Waals surface area contributed by atoms with Crippen LogP contribution in [0.3, 0.4) is 0 Å². The highest BCUT2D eigenvalue weighted by molar-refractivity contribution is 7.09. The van der Waals surface area contributed by atoms with Crippen LogP contribution in [-0.4, -0.2) is 43.2 Å². The Morgan fingerprint density at radius 2 is 2.53 bits per heavy atom. The average Bonchev–Trinajstić information content (AvgIpc) is 2.91. The van der Waals surface area contributed by atoms with Gasteiger partial charge in [0, 0.05) is 37.1 Å². The van der Waals surface area contributed by atoms with Crippen molar-refractivity contribution in [3.63, 3.8) is 0 Å². The molecule has 94 valence electrons. The molecule has 1 aliphatic rings. The lowest BCUT2D eigenvalue weighted by molar-refractivity contribution is 0.217. The summed E-state index contributed by atoms with van der Waals surface area (Å²) in [7, 11) is 0. The van der Waals surface area contributed by atoms with Crippen LogP contribution in [0.1, 0.15) is 11.8 Å². The second-order valence-electron chi connectivity index (χ2n) is 4.36. The molecule has 2 heterocycles. The van der Waals surface area contributed by atoms with Crippen LogP contribution in [0.15, 0.2) is 17.5 Å². The molecule has 17 heavy (non-hydrogen) atoms. The number of hydrogen-bond acceptors (Lipinski definition) is 3. The highest BCUT2D eigenvalue weighted by Gasteiger charge is 2.18. The second kappa shape index (κ2) is 6.02. The predicted octanol–water partition coefficient (Wildman–Crippen LogP) is 1.29. The van der Waals surface area contributed by atoms with Crippen LogP contribution in [0, 0.1) is 0 Å². The molecule has 4 nitrogen and oxygen atoms in total. The van der Waals surface area contributed by atoms with E-state index in [-0.39, 0.29) is 6.03 Å². The summed E-state index contributed by atoms with van der Waals surface area (Å²) < 4.78 is 0. The zero-order valence-electron chi connectivity index (χ0n) is 10.1. The maximum atomic E-state index is 11.3. The molecule has 1 saturated heterocycles. The summed E-state index contributed by atoms with van der Waals surface area (Å²) in [5, 5.41) is 8.37. The monoisotopic (exact) mass is 253 g/mol. The number of hydrogen-bond donors (Lipinski definition) is 2. The van der Waals surface area contributed by atoms with Crippen molar-refractivity contribution in [3.05, 3.63) is 22.4 Å². The van der Waals surface area contributed by atoms with E-state index >= 15 is 0 Å². The summed E-state index contributed by atoms with van der Waals surface area (Å²) in [5.74, 6) is 0. The summed E-state index contributed by atoms with van der Waals surface area (Å²) in [6, 6.07) is 4.77. The van der Waals surface area contributed by atoms with Crippen molar-refractivity contribution in [1.29, 1.82) is 0 Å². The van der Waals surface area contributed by atoms with Gasteiger partial charge in [-0.05, 0) is 24.8 Å². The summed E-state index contributed by atoms with van der Waals surface area (Å²) in [5.41, 5.74) is 0. The van der Waals surface area contributed by atoms with Crippen molar-refractivity contribution >= 4 is 17.4 Å². The van der Waals surface area contributed by atoms with E-state index in [1.807, 2.05) is 4.90 Å². The lowest BCUT2D eigenvalue weighted by atomic mass is 10.2. The SMILES string of the molecule is CC(Cc1cccs1)NCCN1CCNC1=O. The van der Waals surface area contributed by atoms with Crippen LogP contribution >= 0.6 is 11.3 Å². The van der Waals surface area contributed by atoms with E-state index in [0.717, 1.165) is 32.6 Å². The predicted molar refractivity (Wildman–Crippen MR) is 70.5 cm³/mol. The minimum absolute atomic E-state index is 0.0673. The minimum Gasteiger partial charge on any atom is -0.336 e. The molecule has 0 aromatic carbocycles. The molecule has 2 rings (SSSR count). The number of urea groups is 1. The number of nitrogens with one attached hydrogen (secondary N) is 2. The topological polar surface area (TPSA) is 44.4 Å². The number of rotatable bonds is 6. The zero-order valence-corrected chi connectivity index (χ0v) is 10.9. The number of thiophene rings is 1. The third-order valence-electron chi connectivity index (χ3n) is 2.91. The lowest BCUT2D eigenvalue weighted by Crippen LogP contribution is -2.38. The van der Waals surface area contributed by atoms with Gasteiger partial charge in [0.1, 0.15) is 0 Å². The molecule has 0 bridgehead atoms. The molecule has 2 N–H and O–H groups in total. The van der Waals surface area contributed by atoms with Crippen molar-refractivity contribution in [2.75, 3.05) is 26.2 Å². The van der Waals surface area contributed by atoms with Crippen LogP contribution in [0.5, 0.6) is 0 Å². The van der Waals surface area contributed by atoms with E-state index in [2.05, 4.69) is 35.1 Å². The average molecular weight is 253 g/mol. The van der Waals surface area contributed by atoms with Gasteiger partial charge in [0.05, 0.1) is 0 Å². The van der Waals surface area contributed by atoms with E-state index in [1.54, 1.807) is 11.3 Å². The first kappa shape index (κ1) is 12.4. The van der Waals surface area contributed by atoms with Gasteiger partial charge in [-0.2, -0.15) is 0 Å². The fraction of sp³-hybridized carbons (Fsp3) is 0.583. The van der Waals surface area contributed by atoms with E-state index in [1.165, 1.54) is 4.88 Å². The fourth-order valence-corrected chi connectivity index (χ4v) is 2.81. The van der Waals surface area contributed by atoms with Crippen LogP contribution < -0.4 is 10.6 Å². The normalized spacial score (nSPS) is 17.2. The molecule has 0 aliphatic carbocycles. The molecule has 1 aromatic rings. The maximum Gasteiger partial charge on any atom is 0.317 e. The van der Waals surface area contributed by atoms with Gasteiger partial charge in [0.25, 0.3) is 0 Å². The Kier molecular flexibility index (Phi) is 4.39. The fourth-order valence-electron chi connectivity index (χ4n) is 1.97. The standard InChI is InChI=1S/C12H19N3OS/c1-10(9-11-3-2-8-17-11)13-4-6-15-7-5-14-12(15)16/h2-3,8,10,13H,4-7,9H2,1H3,(H,14,16). The first-order chi connectivity index (χ1) is 8.25. The smallest absolute Gasteiger partial charge is 0.317 e. The molecule has 1 aromatic heterocycles. The molecule has 5 heteroatoms. The molecule has 1 unspecified atom stereocenters. The lowest BCUT2D eigenvalue weighted by Gasteiger charge is -2.17. The van der Waals surface area contributed by atoms with Crippen LogP contribution in [0.25, 0.3) is 0 Å². The Hall–Kier alpha value is -1.07. The van der Waals surface area contributed by atoms with E-state index < -0.39 is 0 Å². The van der Waals surface area contributed by atoms with Gasteiger partial charge in [0.2, 0.25) is 0 Å². The van der Waals surface area contributed by atoms with E-state index in [9.17, 15) is 4.79 Å². The largest absolute Gasteiger partial charge is 0.336 e. The molecule has 1 fully saturated rings. The summed E-state index contributed by atoms with van der Waals surface area (Å²) >= 11 is 1.80. The van der Waals surface area contributed by atoms with Gasteiger partial charge in [-0.1, -0.05) is 6.07 Å². The Bertz CT molecular complexity index is 353. The molecule has 1 atom stereocenters. The van der Waals surface area contributed by atoms with E-state index in [4.69, 9.17) is 0 Å². The van der Waals surface area contributed by atoms with Crippen molar-refractivity contribution < 1.29 is 4.79 Å². The zero-order chi connectivity index (χ0) is 12.1. The summed E-state index contributed by atoms with van der Waals surface area (Å²) in [4.78, 5) is 14.6. The summed E-state index contributed by atoms with van der Waals surface area (Å²) in [6.45, 7) is 5.45. The van der Waals surface area contributed by atoms with Gasteiger partial charge >= 0.3 is 6.03 Å². The van der Waals surface area contributed by atoms with Gasteiger partial charge in [-0.15, -0.1) is 11.3 Å². The Labute approximate surface area is 106 Å². The third kappa shape index (κ3) is 3.71. The van der Waals surface area contributed by atoms with Crippen LogP contribution in [0.2, 0.25) is 0 Å². The third-order valence-corrected chi connectivity index (χ3v) is 3.81. The van der Waals surface area contributed by atoms with Crippen LogP contribution in [-0.2, 0) is 6.42 Å². The molecule has 1 aliphatic heterocycles. The first-order valence-corrected chi connectivity index (χ1v) is 6.92. The molecular weight excluding hydrogens is 234 g/mol. The van der Waals surface area contributed by atoms with Crippen molar-refractivity contribution in [3.8, 4) is 0 Å². The Balaban J connectivity index is 1.63. The minimum atomic E-state index is 0.0673. The number of carbonyl (C=O) groups is 1. The van der Waals surface area contributed by atoms with Crippen molar-refractivity contribution in [2.24, 2.45) is 0 Å². The number of nitrogens with zero attached hydrogens (tertiary/aromatic N) is 1. The molecular formula is C12H19N3OS. The molecule has 2 amide bonds. The molecule has 0 radical (unpaired) electrons.